The summed E-state index contributed by atoms with van der Waals surface area (Å²) in [6.45, 7) is 7.18. The summed E-state index contributed by atoms with van der Waals surface area (Å²) in [6, 6.07) is 11.8. The Morgan fingerprint density at radius 3 is 2.65 bits per heavy atom. The predicted octanol–water partition coefficient (Wildman–Crippen LogP) is 3.84. The molecule has 0 atom stereocenters. The summed E-state index contributed by atoms with van der Waals surface area (Å²) in [5.74, 6) is -0.109. The van der Waals surface area contributed by atoms with Crippen molar-refractivity contribution in [3.63, 3.8) is 0 Å². The Bertz CT molecular complexity index is 765. The average molecular weight is 374 g/mol. The number of anilines is 3. The monoisotopic (exact) mass is 373 g/mol. The zero-order valence-electron chi connectivity index (χ0n) is 15.1. The zero-order chi connectivity index (χ0) is 18.5. The normalized spacial score (nSPS) is 14.2. The summed E-state index contributed by atoms with van der Waals surface area (Å²) in [6.07, 6.45) is 0. The molecular weight excluding hydrogens is 350 g/mol. The number of benzene rings is 2. The van der Waals surface area contributed by atoms with Gasteiger partial charge in [-0.1, -0.05) is 29.8 Å². The molecule has 26 heavy (non-hydrogen) atoms. The number of hydrogen-bond acceptors (Lipinski definition) is 4. The summed E-state index contributed by atoms with van der Waals surface area (Å²) in [4.78, 5) is 14.7. The van der Waals surface area contributed by atoms with Crippen LogP contribution in [0.3, 0.4) is 0 Å². The van der Waals surface area contributed by atoms with E-state index < -0.39 is 0 Å². The van der Waals surface area contributed by atoms with E-state index in [1.165, 1.54) is 0 Å². The third-order valence-electron chi connectivity index (χ3n) is 4.39. The summed E-state index contributed by atoms with van der Waals surface area (Å²) in [5, 5.41) is 6.78. The smallest absolute Gasteiger partial charge is 0.243 e. The van der Waals surface area contributed by atoms with Crippen LogP contribution in [0.1, 0.15) is 11.1 Å². The molecule has 2 aromatic rings. The Morgan fingerprint density at radius 1 is 1.19 bits per heavy atom. The van der Waals surface area contributed by atoms with Gasteiger partial charge in [0.2, 0.25) is 5.91 Å². The van der Waals surface area contributed by atoms with Gasteiger partial charge in [0, 0.05) is 13.1 Å². The van der Waals surface area contributed by atoms with Crippen LogP contribution in [0.4, 0.5) is 17.1 Å². The molecule has 6 heteroatoms. The van der Waals surface area contributed by atoms with E-state index in [-0.39, 0.29) is 12.5 Å². The zero-order valence-corrected chi connectivity index (χ0v) is 15.9. The highest BCUT2D eigenvalue weighted by Gasteiger charge is 2.16. The quantitative estimate of drug-likeness (QED) is 0.836. The van der Waals surface area contributed by atoms with Crippen LogP contribution in [-0.2, 0) is 9.53 Å². The number of aryl methyl sites for hydroxylation is 2. The Balaban J connectivity index is 1.66. The molecule has 0 aliphatic carbocycles. The minimum absolute atomic E-state index is 0.109. The van der Waals surface area contributed by atoms with Crippen molar-refractivity contribution in [1.29, 1.82) is 0 Å². The minimum Gasteiger partial charge on any atom is -0.378 e. The topological polar surface area (TPSA) is 53.6 Å². The number of carbonyl (C=O) groups excluding carboxylic acids is 1. The van der Waals surface area contributed by atoms with E-state index in [0.717, 1.165) is 41.3 Å². The molecule has 1 saturated heterocycles. The second kappa shape index (κ2) is 8.43. The van der Waals surface area contributed by atoms with Crippen molar-refractivity contribution < 1.29 is 9.53 Å². The van der Waals surface area contributed by atoms with Crippen molar-refractivity contribution >= 4 is 34.6 Å². The number of carbonyl (C=O) groups is 1. The minimum atomic E-state index is -0.109. The van der Waals surface area contributed by atoms with Crippen molar-refractivity contribution in [2.24, 2.45) is 0 Å². The number of para-hydroxylation sites is 2. The lowest BCUT2D eigenvalue weighted by Crippen LogP contribution is -2.37. The van der Waals surface area contributed by atoms with Crippen molar-refractivity contribution in [3.05, 3.63) is 52.5 Å². The maximum Gasteiger partial charge on any atom is 0.243 e. The van der Waals surface area contributed by atoms with E-state index in [1.54, 1.807) is 0 Å². The van der Waals surface area contributed by atoms with Gasteiger partial charge in [-0.3, -0.25) is 4.79 Å². The van der Waals surface area contributed by atoms with Gasteiger partial charge in [0.1, 0.15) is 0 Å². The number of halogens is 1. The predicted molar refractivity (Wildman–Crippen MR) is 108 cm³/mol. The van der Waals surface area contributed by atoms with Crippen LogP contribution in [0.2, 0.25) is 5.02 Å². The molecule has 0 spiro atoms. The first kappa shape index (κ1) is 18.5. The molecule has 1 aliphatic rings. The molecule has 0 aromatic heterocycles. The average Bonchev–Trinajstić information content (AvgIpc) is 2.62. The van der Waals surface area contributed by atoms with E-state index in [2.05, 4.69) is 15.5 Å². The lowest BCUT2D eigenvalue weighted by molar-refractivity contribution is -0.114. The summed E-state index contributed by atoms with van der Waals surface area (Å²) < 4.78 is 5.41. The van der Waals surface area contributed by atoms with Gasteiger partial charge in [-0.25, -0.2) is 0 Å². The highest BCUT2D eigenvalue weighted by atomic mass is 35.5. The molecule has 1 fully saturated rings. The first-order chi connectivity index (χ1) is 12.5. The van der Waals surface area contributed by atoms with E-state index in [1.807, 2.05) is 50.2 Å². The van der Waals surface area contributed by atoms with Crippen LogP contribution in [0.5, 0.6) is 0 Å². The largest absolute Gasteiger partial charge is 0.378 e. The third-order valence-corrected chi connectivity index (χ3v) is 4.69. The van der Waals surface area contributed by atoms with Gasteiger partial charge in [0.15, 0.2) is 0 Å². The molecule has 2 aromatic carbocycles. The molecule has 138 valence electrons. The second-order valence-corrected chi connectivity index (χ2v) is 6.86. The van der Waals surface area contributed by atoms with Crippen molar-refractivity contribution in [2.45, 2.75) is 13.8 Å². The molecule has 0 unspecified atom stereocenters. The van der Waals surface area contributed by atoms with Crippen LogP contribution in [-0.4, -0.2) is 38.8 Å². The number of amides is 1. The molecule has 1 heterocycles. The van der Waals surface area contributed by atoms with E-state index in [4.69, 9.17) is 16.3 Å². The summed E-state index contributed by atoms with van der Waals surface area (Å²) >= 11 is 6.29. The van der Waals surface area contributed by atoms with Crippen LogP contribution in [0.25, 0.3) is 0 Å². The first-order valence-electron chi connectivity index (χ1n) is 8.77. The Morgan fingerprint density at radius 2 is 1.92 bits per heavy atom. The number of ether oxygens (including phenoxy) is 1. The van der Waals surface area contributed by atoms with Crippen molar-refractivity contribution in [3.8, 4) is 0 Å². The van der Waals surface area contributed by atoms with E-state index in [0.29, 0.717) is 18.2 Å². The highest BCUT2D eigenvalue weighted by molar-refractivity contribution is 6.33. The maximum atomic E-state index is 12.5. The van der Waals surface area contributed by atoms with Crippen molar-refractivity contribution in [1.82, 2.24) is 0 Å². The molecule has 0 bridgehead atoms. The van der Waals surface area contributed by atoms with Crippen LogP contribution < -0.4 is 15.5 Å². The second-order valence-electron chi connectivity index (χ2n) is 6.46. The fraction of sp³-hybridized carbons (Fsp3) is 0.350. The number of rotatable bonds is 5. The van der Waals surface area contributed by atoms with Gasteiger partial charge in [0.05, 0.1) is 41.8 Å². The SMILES string of the molecule is Cc1cc(C)c(NCC(=O)Nc2ccccc2N2CCOCC2)c(Cl)c1. The van der Waals surface area contributed by atoms with Crippen molar-refractivity contribution in [2.75, 3.05) is 48.4 Å². The van der Waals surface area contributed by atoms with E-state index >= 15 is 0 Å². The fourth-order valence-electron chi connectivity index (χ4n) is 3.16. The van der Waals surface area contributed by atoms with Crippen LogP contribution in [0.15, 0.2) is 36.4 Å². The number of nitrogens with zero attached hydrogens (tertiary/aromatic N) is 1. The molecule has 1 aliphatic heterocycles. The molecule has 0 radical (unpaired) electrons. The van der Waals surface area contributed by atoms with Gasteiger partial charge in [-0.2, -0.15) is 0 Å². The Hall–Kier alpha value is -2.24. The number of morpholine rings is 1. The van der Waals surface area contributed by atoms with Gasteiger partial charge in [-0.05, 0) is 43.2 Å². The lowest BCUT2D eigenvalue weighted by Gasteiger charge is -2.30. The van der Waals surface area contributed by atoms with Crippen LogP contribution >= 0.6 is 11.6 Å². The third kappa shape index (κ3) is 4.48. The standard InChI is InChI=1S/C20H24ClN3O2/c1-14-11-15(2)20(16(21)12-14)22-13-19(25)23-17-5-3-4-6-18(17)24-7-9-26-10-8-24/h3-6,11-12,22H,7-10,13H2,1-2H3,(H,23,25). The number of hydrogen-bond donors (Lipinski definition) is 2. The lowest BCUT2D eigenvalue weighted by atomic mass is 10.1. The van der Waals surface area contributed by atoms with Gasteiger partial charge < -0.3 is 20.3 Å². The molecule has 3 rings (SSSR count). The molecule has 1 amide bonds. The Kier molecular flexibility index (Phi) is 6.01. The van der Waals surface area contributed by atoms with Gasteiger partial charge in [0.25, 0.3) is 0 Å². The number of nitrogens with one attached hydrogen (secondary N) is 2. The molecule has 5 nitrogen and oxygen atoms in total. The first-order valence-corrected chi connectivity index (χ1v) is 9.14. The fourth-order valence-corrected chi connectivity index (χ4v) is 3.55. The highest BCUT2D eigenvalue weighted by Crippen LogP contribution is 2.28. The molecular formula is C20H24ClN3O2. The molecule has 2 N–H and O–H groups in total. The Labute approximate surface area is 159 Å². The maximum absolute atomic E-state index is 12.5. The van der Waals surface area contributed by atoms with Crippen LogP contribution in [0, 0.1) is 13.8 Å². The van der Waals surface area contributed by atoms with Gasteiger partial charge >= 0.3 is 0 Å². The van der Waals surface area contributed by atoms with Gasteiger partial charge in [-0.15, -0.1) is 0 Å². The van der Waals surface area contributed by atoms with E-state index in [9.17, 15) is 4.79 Å². The summed E-state index contributed by atoms with van der Waals surface area (Å²) in [5.41, 5.74) is 4.76. The molecule has 0 saturated carbocycles. The summed E-state index contributed by atoms with van der Waals surface area (Å²) in [7, 11) is 0.